The van der Waals surface area contributed by atoms with Gasteiger partial charge in [-0.25, -0.2) is 9.97 Å². The first-order valence-electron chi connectivity index (χ1n) is 35.7. The quantitative estimate of drug-likeness (QED) is 0.0451. The van der Waals surface area contributed by atoms with Gasteiger partial charge >= 0.3 is 5.88 Å². The summed E-state index contributed by atoms with van der Waals surface area (Å²) in [6.07, 6.45) is 17.6. The van der Waals surface area contributed by atoms with E-state index < -0.39 is 0 Å². The van der Waals surface area contributed by atoms with Gasteiger partial charge in [0.25, 0.3) is 0 Å². The van der Waals surface area contributed by atoms with Crippen LogP contribution in [0.4, 0.5) is 5.69 Å². The molecule has 0 amide bonds. The number of benzene rings is 4. The highest BCUT2D eigenvalue weighted by molar-refractivity contribution is 6.32. The van der Waals surface area contributed by atoms with E-state index in [2.05, 4.69) is 81.9 Å². The highest BCUT2D eigenvalue weighted by Crippen LogP contribution is 2.28. The molecule has 16 nitrogen and oxygen atoms in total. The van der Waals surface area contributed by atoms with Gasteiger partial charge in [-0.15, -0.1) is 4.73 Å². The Bertz CT molecular complexity index is 3580. The molecular formula is C88H122Cl3N7O9. The second kappa shape index (κ2) is 57.0. The molecular weight excluding hydrogens is 1410 g/mol. The van der Waals surface area contributed by atoms with Crippen molar-refractivity contribution in [3.63, 3.8) is 0 Å². The van der Waals surface area contributed by atoms with Crippen LogP contribution in [0.1, 0.15) is 171 Å². The fraction of sp³-hybridized carbons (Fsp3) is 0.398. The summed E-state index contributed by atoms with van der Waals surface area (Å²) in [6, 6.07) is 54.9. The number of pyridine rings is 5. The van der Waals surface area contributed by atoms with Gasteiger partial charge < -0.3 is 43.1 Å². The standard InChI is InChI=1S/C11H13N.2C9H11ClO.C9H13NO.C9H12O.C8H10ClNO.C8H11NO2.2C8H11NO.C7H11N.2CH4/c1-8(2)11-7-9-5-3-4-6-10(9)12-11;1-7(2)11-9-5-3-4-8(10)6-9;1-7(2)11-9-6-4-3-5-8(9)10;1-7(2)11-9-5-4-8(3)10-6-9;1-8(2)10-9-6-4-3-5-7-9;1-6(2)11-7-3-4-8(9)10-5-7;1-7(2)11-8-5-3-4-6-9(8)10;1-7(2)10-8-3-5-9-6-4-8;1-7(2)10-8-5-3-4-6-9-8;1-6(2)7-4-3-5-8-7;;/h3-6,8H,7H2,1-2H3;2*3-7H,1-2H3;4-7H,1-3H3;3-8H,1-2H3;3-6H,1-2H3;3-7H,1-2H3;2*3-7H,1-2H3;3,5-6H,4H2,1-2H3;2*1H4. The molecule has 11 rings (SSSR count). The lowest BCUT2D eigenvalue weighted by Gasteiger charge is -2.10. The SMILES string of the molecule is C.C.CC(C)C1=NC=CC1.CC(C)C1=Nc2ccccc2C1.CC(C)Oc1ccc(Cl)nc1.CC(C)Oc1cccc(Cl)c1.CC(C)Oc1cccc[n+]1[O-].CC(C)Oc1ccccc1.CC(C)Oc1ccccc1Cl.CC(C)Oc1ccccn1.CC(C)Oc1ccncc1.Cc1ccc(OC(C)C)cn1. The molecule has 0 atom stereocenters. The lowest BCUT2D eigenvalue weighted by Crippen LogP contribution is -2.29. The molecule has 2 aliphatic rings. The number of hydrogen-bond donors (Lipinski definition) is 0. The minimum absolute atomic E-state index is 0. The lowest BCUT2D eigenvalue weighted by atomic mass is 10.0. The highest BCUT2D eigenvalue weighted by Gasteiger charge is 2.16. The van der Waals surface area contributed by atoms with Crippen molar-refractivity contribution >= 4 is 51.9 Å². The maximum absolute atomic E-state index is 10.9. The van der Waals surface area contributed by atoms with Crippen molar-refractivity contribution in [1.82, 2.24) is 19.9 Å². The summed E-state index contributed by atoms with van der Waals surface area (Å²) in [5.74, 6) is 7.25. The molecule has 107 heavy (non-hydrogen) atoms. The van der Waals surface area contributed by atoms with Crippen LogP contribution in [-0.4, -0.2) is 80.2 Å². The van der Waals surface area contributed by atoms with Crippen LogP contribution in [0.2, 0.25) is 15.2 Å². The molecule has 5 aromatic heterocycles. The summed E-state index contributed by atoms with van der Waals surface area (Å²) in [7, 11) is 0. The monoisotopic (exact) mass is 1530 g/mol. The van der Waals surface area contributed by atoms with Gasteiger partial charge in [-0.1, -0.05) is 144 Å². The maximum Gasteiger partial charge on any atom is 0.379 e. The zero-order valence-corrected chi connectivity index (χ0v) is 67.8. The first-order valence-corrected chi connectivity index (χ1v) is 36.8. The average Bonchev–Trinajstić information content (AvgIpc) is 1.70. The number of allylic oxidation sites excluding steroid dienone is 1. The summed E-state index contributed by atoms with van der Waals surface area (Å²) in [5, 5.41) is 12.8. The normalized spacial score (nSPS) is 11.0. The molecule has 0 bridgehead atoms. The number of hydrogen-bond acceptors (Lipinski definition) is 15. The molecule has 9 aromatic rings. The van der Waals surface area contributed by atoms with Crippen molar-refractivity contribution < 1.29 is 42.6 Å². The summed E-state index contributed by atoms with van der Waals surface area (Å²) in [4.78, 5) is 24.6. The third-order valence-electron chi connectivity index (χ3n) is 12.6. The van der Waals surface area contributed by atoms with Crippen LogP contribution < -0.4 is 42.6 Å². The first kappa shape index (κ1) is 97.8. The van der Waals surface area contributed by atoms with Crippen molar-refractivity contribution in [3.8, 4) is 46.3 Å². The average molecular weight is 1530 g/mol. The fourth-order valence-electron chi connectivity index (χ4n) is 8.22. The van der Waals surface area contributed by atoms with Crippen LogP contribution in [0.5, 0.6) is 46.3 Å². The van der Waals surface area contributed by atoms with Crippen molar-refractivity contribution in [3.05, 3.63) is 257 Å². The second-order valence-corrected chi connectivity index (χ2v) is 27.4. The predicted molar refractivity (Wildman–Crippen MR) is 449 cm³/mol. The molecule has 7 heterocycles. The Morgan fingerprint density at radius 2 is 0.907 bits per heavy atom. The predicted octanol–water partition coefficient (Wildman–Crippen LogP) is 24.5. The van der Waals surface area contributed by atoms with E-state index in [1.807, 2.05) is 251 Å². The van der Waals surface area contributed by atoms with E-state index in [0.29, 0.717) is 43.5 Å². The van der Waals surface area contributed by atoms with E-state index >= 15 is 0 Å². The Labute approximate surface area is 657 Å². The van der Waals surface area contributed by atoms with Crippen LogP contribution >= 0.6 is 34.8 Å². The van der Waals surface area contributed by atoms with E-state index in [-0.39, 0.29) is 63.7 Å². The fourth-order valence-corrected chi connectivity index (χ4v) is 8.69. The minimum Gasteiger partial charge on any atom is -0.616 e. The molecule has 4 aromatic carbocycles. The van der Waals surface area contributed by atoms with E-state index in [9.17, 15) is 5.21 Å². The van der Waals surface area contributed by atoms with Crippen molar-refractivity contribution in [2.45, 2.75) is 222 Å². The molecule has 584 valence electrons. The maximum atomic E-state index is 10.9. The molecule has 0 aliphatic carbocycles. The van der Waals surface area contributed by atoms with Crippen molar-refractivity contribution in [2.75, 3.05) is 0 Å². The largest absolute Gasteiger partial charge is 0.616 e. The molecule has 0 N–H and O–H groups in total. The number of aryl methyl sites for hydroxylation is 1. The molecule has 2 aliphatic heterocycles. The van der Waals surface area contributed by atoms with Crippen molar-refractivity contribution in [2.24, 2.45) is 21.8 Å². The number of aliphatic imine (C=N–C) groups is 2. The van der Waals surface area contributed by atoms with E-state index in [1.54, 1.807) is 61.3 Å². The Morgan fingerprint density at radius 1 is 0.411 bits per heavy atom. The topological polar surface area (TPSA) is 177 Å². The second-order valence-electron chi connectivity index (χ2n) is 26.1. The third kappa shape index (κ3) is 49.3. The molecule has 0 radical (unpaired) electrons. The smallest absolute Gasteiger partial charge is 0.379 e. The van der Waals surface area contributed by atoms with Crippen LogP contribution in [0.25, 0.3) is 0 Å². The van der Waals surface area contributed by atoms with Gasteiger partial charge in [-0.2, -0.15) is 0 Å². The van der Waals surface area contributed by atoms with Gasteiger partial charge in [0.05, 0.1) is 78.0 Å². The van der Waals surface area contributed by atoms with E-state index in [0.717, 1.165) is 53.0 Å². The third-order valence-corrected chi connectivity index (χ3v) is 13.4. The number of halogens is 3. The number of aromatic nitrogens is 5. The Hall–Kier alpha value is -9.22. The first-order chi connectivity index (χ1) is 49.9. The zero-order chi connectivity index (χ0) is 78.1. The number of para-hydroxylation sites is 3. The molecule has 0 fully saturated rings. The number of fused-ring (bicyclic) bond motifs is 1. The summed E-state index contributed by atoms with van der Waals surface area (Å²) in [6.45, 7) is 42.3. The summed E-state index contributed by atoms with van der Waals surface area (Å²) >= 11 is 17.2. The Kier molecular flexibility index (Phi) is 52.1. The van der Waals surface area contributed by atoms with Crippen LogP contribution in [0.3, 0.4) is 0 Å². The molecule has 0 unspecified atom stereocenters. The minimum atomic E-state index is 0. The van der Waals surface area contributed by atoms with Gasteiger partial charge in [-0.05, 0) is 232 Å². The molecule has 19 heteroatoms. The van der Waals surface area contributed by atoms with Gasteiger partial charge in [0, 0.05) is 71.9 Å². The van der Waals surface area contributed by atoms with Crippen LogP contribution in [-0.2, 0) is 6.42 Å². The lowest BCUT2D eigenvalue weighted by molar-refractivity contribution is -0.613. The summed E-state index contributed by atoms with van der Waals surface area (Å²) in [5.41, 5.74) is 6.18. The molecule has 0 saturated heterocycles. The summed E-state index contributed by atoms with van der Waals surface area (Å²) < 4.78 is 43.6. The van der Waals surface area contributed by atoms with Gasteiger partial charge in [0.1, 0.15) is 39.7 Å². The Morgan fingerprint density at radius 3 is 1.37 bits per heavy atom. The van der Waals surface area contributed by atoms with E-state index in [4.69, 9.17) is 72.7 Å². The van der Waals surface area contributed by atoms with Crippen LogP contribution in [0, 0.1) is 24.0 Å². The van der Waals surface area contributed by atoms with Crippen LogP contribution in [0.15, 0.2) is 235 Å². The number of rotatable bonds is 18. The number of ether oxygens (including phenoxy) is 8. The van der Waals surface area contributed by atoms with Gasteiger partial charge in [0.15, 0.2) is 6.20 Å². The molecule has 0 spiro atoms. The van der Waals surface area contributed by atoms with Gasteiger partial charge in [-0.3, -0.25) is 20.0 Å². The molecule has 0 saturated carbocycles. The highest BCUT2D eigenvalue weighted by atomic mass is 35.5. The Balaban J connectivity index is 0.00000117. The van der Waals surface area contributed by atoms with Gasteiger partial charge in [0.2, 0.25) is 5.88 Å². The van der Waals surface area contributed by atoms with E-state index in [1.165, 1.54) is 28.9 Å². The number of nitrogens with zero attached hydrogens (tertiary/aromatic N) is 7. The van der Waals surface area contributed by atoms with Crippen molar-refractivity contribution in [1.29, 1.82) is 0 Å². The zero-order valence-electron chi connectivity index (χ0n) is 65.5.